The van der Waals surface area contributed by atoms with Crippen molar-refractivity contribution in [1.82, 2.24) is 5.32 Å². The van der Waals surface area contributed by atoms with E-state index < -0.39 is 16.4 Å². The molecular formula is C10H11FN2O2. The molecule has 1 aromatic carbocycles. The Labute approximate surface area is 86.3 Å². The van der Waals surface area contributed by atoms with Crippen LogP contribution in [0.5, 0.6) is 0 Å². The number of nitro groups is 1. The maximum Gasteiger partial charge on any atom is 0.305 e. The second-order valence-corrected chi connectivity index (χ2v) is 3.59. The minimum absolute atomic E-state index is 0.0788. The van der Waals surface area contributed by atoms with Gasteiger partial charge >= 0.3 is 5.69 Å². The van der Waals surface area contributed by atoms with E-state index in [9.17, 15) is 14.5 Å². The zero-order chi connectivity index (χ0) is 10.8. The minimum atomic E-state index is -0.707. The molecular weight excluding hydrogens is 199 g/mol. The van der Waals surface area contributed by atoms with E-state index in [4.69, 9.17) is 0 Å². The van der Waals surface area contributed by atoms with Gasteiger partial charge in [0.1, 0.15) is 0 Å². The lowest BCUT2D eigenvalue weighted by atomic mass is 10.0. The van der Waals surface area contributed by atoms with Crippen molar-refractivity contribution in [2.45, 2.75) is 18.9 Å². The molecule has 1 saturated heterocycles. The summed E-state index contributed by atoms with van der Waals surface area (Å²) in [6.45, 7) is 0.840. The first kappa shape index (κ1) is 10.0. The Morgan fingerprint density at radius 1 is 1.53 bits per heavy atom. The molecule has 0 radical (unpaired) electrons. The highest BCUT2D eigenvalue weighted by molar-refractivity contribution is 5.38. The van der Waals surface area contributed by atoms with Crippen LogP contribution in [0.15, 0.2) is 18.2 Å². The number of halogens is 1. The third-order valence-corrected chi connectivity index (χ3v) is 2.64. The van der Waals surface area contributed by atoms with Crippen LogP contribution in [0.1, 0.15) is 24.4 Å². The standard InChI is InChI=1S/C10H11FN2O2/c11-10-7(8-4-2-6-12-8)3-1-5-9(10)13(14)15/h1,3,5,8,12H,2,4,6H2. The number of rotatable bonds is 2. The molecule has 1 fully saturated rings. The van der Waals surface area contributed by atoms with Gasteiger partial charge in [-0.15, -0.1) is 0 Å². The summed E-state index contributed by atoms with van der Waals surface area (Å²) in [4.78, 5) is 9.85. The number of hydrogen-bond donors (Lipinski definition) is 1. The first-order valence-corrected chi connectivity index (χ1v) is 4.86. The largest absolute Gasteiger partial charge is 0.310 e. The van der Waals surface area contributed by atoms with E-state index in [0.29, 0.717) is 5.56 Å². The average molecular weight is 210 g/mol. The summed E-state index contributed by atoms with van der Waals surface area (Å²) >= 11 is 0. The molecule has 1 N–H and O–H groups in total. The summed E-state index contributed by atoms with van der Waals surface area (Å²) < 4.78 is 13.7. The Bertz CT molecular complexity index is 389. The first-order chi connectivity index (χ1) is 7.20. The Hall–Kier alpha value is -1.49. The van der Waals surface area contributed by atoms with Crippen LogP contribution >= 0.6 is 0 Å². The molecule has 1 heterocycles. The van der Waals surface area contributed by atoms with Crippen molar-refractivity contribution in [2.75, 3.05) is 6.54 Å². The van der Waals surface area contributed by atoms with Crippen molar-refractivity contribution in [2.24, 2.45) is 0 Å². The summed E-state index contributed by atoms with van der Waals surface area (Å²) in [6, 6.07) is 4.24. The number of nitro benzene ring substituents is 1. The zero-order valence-electron chi connectivity index (χ0n) is 8.07. The van der Waals surface area contributed by atoms with Gasteiger partial charge in [0.05, 0.1) is 4.92 Å². The molecule has 5 heteroatoms. The molecule has 15 heavy (non-hydrogen) atoms. The second kappa shape index (κ2) is 3.94. The normalized spacial score (nSPS) is 20.5. The highest BCUT2D eigenvalue weighted by Gasteiger charge is 2.24. The molecule has 1 atom stereocenters. The van der Waals surface area contributed by atoms with E-state index in [2.05, 4.69) is 5.32 Å². The molecule has 0 aromatic heterocycles. The van der Waals surface area contributed by atoms with Crippen LogP contribution in [0.2, 0.25) is 0 Å². The Morgan fingerprint density at radius 3 is 2.93 bits per heavy atom. The molecule has 0 aliphatic carbocycles. The van der Waals surface area contributed by atoms with Crippen LogP contribution < -0.4 is 5.32 Å². The van der Waals surface area contributed by atoms with E-state index >= 15 is 0 Å². The van der Waals surface area contributed by atoms with E-state index in [1.54, 1.807) is 6.07 Å². The fraction of sp³-hybridized carbons (Fsp3) is 0.400. The summed E-state index contributed by atoms with van der Waals surface area (Å²) in [5.74, 6) is -0.707. The lowest BCUT2D eigenvalue weighted by Crippen LogP contribution is -2.14. The lowest BCUT2D eigenvalue weighted by molar-refractivity contribution is -0.387. The fourth-order valence-corrected chi connectivity index (χ4v) is 1.90. The molecule has 0 bridgehead atoms. The molecule has 0 saturated carbocycles. The van der Waals surface area contributed by atoms with Gasteiger partial charge in [0, 0.05) is 17.7 Å². The third kappa shape index (κ3) is 1.83. The van der Waals surface area contributed by atoms with Gasteiger partial charge < -0.3 is 5.32 Å². The van der Waals surface area contributed by atoms with Crippen molar-refractivity contribution in [1.29, 1.82) is 0 Å². The summed E-state index contributed by atoms with van der Waals surface area (Å²) in [5, 5.41) is 13.7. The van der Waals surface area contributed by atoms with Gasteiger partial charge in [0.2, 0.25) is 5.82 Å². The highest BCUT2D eigenvalue weighted by Crippen LogP contribution is 2.29. The quantitative estimate of drug-likeness (QED) is 0.601. The fourth-order valence-electron chi connectivity index (χ4n) is 1.90. The van der Waals surface area contributed by atoms with Gasteiger partial charge in [-0.1, -0.05) is 12.1 Å². The van der Waals surface area contributed by atoms with Crippen LogP contribution in [0, 0.1) is 15.9 Å². The molecule has 0 amide bonds. The zero-order valence-corrected chi connectivity index (χ0v) is 8.07. The molecule has 2 rings (SSSR count). The van der Waals surface area contributed by atoms with Gasteiger partial charge in [-0.2, -0.15) is 4.39 Å². The lowest BCUT2D eigenvalue weighted by Gasteiger charge is -2.10. The van der Waals surface area contributed by atoms with Crippen molar-refractivity contribution in [3.63, 3.8) is 0 Å². The van der Waals surface area contributed by atoms with Gasteiger partial charge in [-0.05, 0) is 19.4 Å². The minimum Gasteiger partial charge on any atom is -0.310 e. The number of benzene rings is 1. The number of hydrogen-bond acceptors (Lipinski definition) is 3. The monoisotopic (exact) mass is 210 g/mol. The van der Waals surface area contributed by atoms with Crippen molar-refractivity contribution >= 4 is 5.69 Å². The average Bonchev–Trinajstić information content (AvgIpc) is 2.70. The van der Waals surface area contributed by atoms with E-state index in [0.717, 1.165) is 19.4 Å². The predicted octanol–water partition coefficient (Wildman–Crippen LogP) is 2.16. The number of nitrogens with zero attached hydrogens (tertiary/aromatic N) is 1. The van der Waals surface area contributed by atoms with Gasteiger partial charge in [-0.3, -0.25) is 10.1 Å². The maximum absolute atomic E-state index is 13.7. The molecule has 1 aliphatic rings. The second-order valence-electron chi connectivity index (χ2n) is 3.59. The van der Waals surface area contributed by atoms with Crippen LogP contribution in [0.25, 0.3) is 0 Å². The van der Waals surface area contributed by atoms with Gasteiger partial charge in [0.25, 0.3) is 0 Å². The highest BCUT2D eigenvalue weighted by atomic mass is 19.1. The summed E-state index contributed by atoms with van der Waals surface area (Å²) in [5.41, 5.74) is -0.0390. The van der Waals surface area contributed by atoms with E-state index in [-0.39, 0.29) is 6.04 Å². The van der Waals surface area contributed by atoms with E-state index in [1.165, 1.54) is 12.1 Å². The van der Waals surface area contributed by atoms with Crippen LogP contribution in [0.3, 0.4) is 0 Å². The Balaban J connectivity index is 2.39. The smallest absolute Gasteiger partial charge is 0.305 e. The molecule has 80 valence electrons. The maximum atomic E-state index is 13.7. The molecule has 1 aliphatic heterocycles. The molecule has 0 spiro atoms. The van der Waals surface area contributed by atoms with Gasteiger partial charge in [-0.25, -0.2) is 0 Å². The van der Waals surface area contributed by atoms with Crippen LogP contribution in [-0.2, 0) is 0 Å². The van der Waals surface area contributed by atoms with Crippen molar-refractivity contribution in [3.8, 4) is 0 Å². The molecule has 4 nitrogen and oxygen atoms in total. The Kier molecular flexibility index (Phi) is 2.64. The van der Waals surface area contributed by atoms with Crippen molar-refractivity contribution < 1.29 is 9.31 Å². The van der Waals surface area contributed by atoms with Crippen molar-refractivity contribution in [3.05, 3.63) is 39.7 Å². The SMILES string of the molecule is O=[N+]([O-])c1cccc(C2CCCN2)c1F. The summed E-state index contributed by atoms with van der Waals surface area (Å²) in [7, 11) is 0. The van der Waals surface area contributed by atoms with Crippen LogP contribution in [-0.4, -0.2) is 11.5 Å². The predicted molar refractivity (Wildman–Crippen MR) is 53.0 cm³/mol. The number of nitrogens with one attached hydrogen (secondary N) is 1. The topological polar surface area (TPSA) is 55.2 Å². The van der Waals surface area contributed by atoms with E-state index in [1.807, 2.05) is 0 Å². The first-order valence-electron chi connectivity index (χ1n) is 4.86. The van der Waals surface area contributed by atoms with Gasteiger partial charge in [0.15, 0.2) is 0 Å². The molecule has 1 unspecified atom stereocenters. The molecule has 1 aromatic rings. The van der Waals surface area contributed by atoms with Crippen LogP contribution in [0.4, 0.5) is 10.1 Å². The third-order valence-electron chi connectivity index (χ3n) is 2.64. The Morgan fingerprint density at radius 2 is 2.33 bits per heavy atom. The summed E-state index contributed by atoms with van der Waals surface area (Å²) in [6.07, 6.45) is 1.81.